The highest BCUT2D eigenvalue weighted by molar-refractivity contribution is 7.71. The number of amides is 2. The molecule has 0 atom stereocenters. The van der Waals surface area contributed by atoms with Crippen molar-refractivity contribution in [3.05, 3.63) is 117 Å². The van der Waals surface area contributed by atoms with Crippen LogP contribution in [0.15, 0.2) is 95.4 Å². The van der Waals surface area contributed by atoms with Crippen LogP contribution in [-0.4, -0.2) is 26.7 Å². The van der Waals surface area contributed by atoms with E-state index in [2.05, 4.69) is 10.3 Å². The van der Waals surface area contributed by atoms with Gasteiger partial charge in [-0.15, -0.1) is 0 Å². The first-order valence-electron chi connectivity index (χ1n) is 12.2. The molecule has 0 saturated carbocycles. The van der Waals surface area contributed by atoms with E-state index in [4.69, 9.17) is 27.4 Å². The summed E-state index contributed by atoms with van der Waals surface area (Å²) in [6.45, 7) is 0.0102. The Kier molecular flexibility index (Phi) is 9.11. The number of benzene rings is 3. The van der Waals surface area contributed by atoms with Crippen molar-refractivity contribution in [3.8, 4) is 23.1 Å². The Morgan fingerprint density at radius 1 is 0.950 bits per heavy atom. The third-order valence-corrected chi connectivity index (χ3v) is 5.91. The Balaban J connectivity index is 1.60. The summed E-state index contributed by atoms with van der Waals surface area (Å²) < 4.78 is 12.2. The maximum atomic E-state index is 12.8. The minimum absolute atomic E-state index is 0.0102. The number of aromatic hydroxyl groups is 1. The number of hydrogen-bond acceptors (Lipinski definition) is 7. The molecule has 1 heterocycles. The first-order chi connectivity index (χ1) is 19.3. The number of aromatic amines is 1. The number of primary amides is 1. The zero-order valence-electron chi connectivity index (χ0n) is 21.2. The van der Waals surface area contributed by atoms with Crippen molar-refractivity contribution in [2.75, 3.05) is 0 Å². The van der Waals surface area contributed by atoms with Gasteiger partial charge in [0.2, 0.25) is 11.8 Å². The molecule has 204 valence electrons. The monoisotopic (exact) mass is 558 g/mol. The number of ether oxygens (including phenoxy) is 2. The molecule has 0 spiro atoms. The van der Waals surface area contributed by atoms with Gasteiger partial charge in [0.1, 0.15) is 23.7 Å². The molecular weight excluding hydrogens is 532 g/mol. The highest BCUT2D eigenvalue weighted by Gasteiger charge is 2.16. The molecular formula is C29H26N4O6S. The van der Waals surface area contributed by atoms with Gasteiger partial charge in [0.25, 0.3) is 5.56 Å². The Bertz CT molecular complexity index is 1630. The van der Waals surface area contributed by atoms with E-state index in [1.165, 1.54) is 10.6 Å². The second kappa shape index (κ2) is 13.1. The van der Waals surface area contributed by atoms with Crippen molar-refractivity contribution in [2.24, 2.45) is 5.73 Å². The summed E-state index contributed by atoms with van der Waals surface area (Å²) in [4.78, 5) is 39.2. The summed E-state index contributed by atoms with van der Waals surface area (Å²) in [5.41, 5.74) is 5.75. The van der Waals surface area contributed by atoms with E-state index in [0.29, 0.717) is 17.2 Å². The number of carbonyl (C=O) groups is 2. The summed E-state index contributed by atoms with van der Waals surface area (Å²) in [6.07, 6.45) is 0.303. The average molecular weight is 559 g/mol. The number of nitrogens with zero attached hydrogens (tertiary/aromatic N) is 1. The zero-order valence-corrected chi connectivity index (χ0v) is 22.0. The lowest BCUT2D eigenvalue weighted by Crippen LogP contribution is -2.25. The first-order valence-corrected chi connectivity index (χ1v) is 12.6. The summed E-state index contributed by atoms with van der Waals surface area (Å²) >= 11 is 5.30. The molecule has 10 nitrogen and oxygen atoms in total. The molecule has 40 heavy (non-hydrogen) atoms. The predicted molar refractivity (Wildman–Crippen MR) is 152 cm³/mol. The molecule has 0 unspecified atom stereocenters. The van der Waals surface area contributed by atoms with Crippen LogP contribution in [0.2, 0.25) is 0 Å². The van der Waals surface area contributed by atoms with Gasteiger partial charge in [-0.05, 0) is 66.7 Å². The van der Waals surface area contributed by atoms with Gasteiger partial charge in [0.15, 0.2) is 4.77 Å². The lowest BCUT2D eigenvalue weighted by molar-refractivity contribution is -0.118. The van der Waals surface area contributed by atoms with Gasteiger partial charge in [-0.3, -0.25) is 24.5 Å². The van der Waals surface area contributed by atoms with Crippen LogP contribution in [0.25, 0.3) is 11.8 Å². The van der Waals surface area contributed by atoms with E-state index < -0.39 is 23.4 Å². The van der Waals surface area contributed by atoms with Crippen molar-refractivity contribution in [3.63, 3.8) is 0 Å². The van der Waals surface area contributed by atoms with Crippen LogP contribution < -0.4 is 21.3 Å². The van der Waals surface area contributed by atoms with Crippen molar-refractivity contribution < 1.29 is 24.2 Å². The normalized spacial score (nSPS) is 11.1. The second-order valence-corrected chi connectivity index (χ2v) is 8.95. The molecule has 3 aromatic carbocycles. The molecule has 1 aromatic heterocycles. The second-order valence-electron chi connectivity index (χ2n) is 8.56. The number of para-hydroxylation sites is 1. The molecule has 4 aromatic rings. The van der Waals surface area contributed by atoms with Crippen LogP contribution in [0.4, 0.5) is 4.79 Å². The smallest absolute Gasteiger partial charge is 0.411 e. The quantitative estimate of drug-likeness (QED) is 0.202. The topological polar surface area (TPSA) is 149 Å². The van der Waals surface area contributed by atoms with Crippen molar-refractivity contribution in [1.82, 2.24) is 14.9 Å². The van der Waals surface area contributed by atoms with E-state index in [-0.39, 0.29) is 35.5 Å². The summed E-state index contributed by atoms with van der Waals surface area (Å²) in [7, 11) is 0. The highest BCUT2D eigenvalue weighted by atomic mass is 32.1. The van der Waals surface area contributed by atoms with Crippen LogP contribution in [-0.2, 0) is 16.1 Å². The van der Waals surface area contributed by atoms with Gasteiger partial charge in [-0.25, -0.2) is 4.79 Å². The van der Waals surface area contributed by atoms with Crippen LogP contribution >= 0.6 is 12.2 Å². The molecule has 0 bridgehead atoms. The molecule has 0 aliphatic carbocycles. The van der Waals surface area contributed by atoms with Crippen molar-refractivity contribution in [2.45, 2.75) is 19.4 Å². The molecule has 0 saturated heterocycles. The Morgan fingerprint density at radius 2 is 1.57 bits per heavy atom. The first kappa shape index (κ1) is 27.9. The highest BCUT2D eigenvalue weighted by Crippen LogP contribution is 2.26. The Hall–Kier alpha value is -5.16. The van der Waals surface area contributed by atoms with Gasteiger partial charge >= 0.3 is 6.09 Å². The Morgan fingerprint density at radius 3 is 2.23 bits per heavy atom. The SMILES string of the molecule is NC(=O)CCC(=Cc1c(O)n(-c2ccc(Oc3ccccc3)cc2)c(=S)[nH]c1=O)NC(=O)OCc1ccccc1. The van der Waals surface area contributed by atoms with E-state index >= 15 is 0 Å². The molecule has 0 aliphatic heterocycles. The van der Waals surface area contributed by atoms with Gasteiger partial charge < -0.3 is 20.3 Å². The molecule has 2 amide bonds. The van der Waals surface area contributed by atoms with Crippen LogP contribution in [0.5, 0.6) is 17.4 Å². The molecule has 11 heteroatoms. The predicted octanol–water partition coefficient (Wildman–Crippen LogP) is 4.93. The van der Waals surface area contributed by atoms with E-state index in [9.17, 15) is 19.5 Å². The van der Waals surface area contributed by atoms with E-state index in [1.54, 1.807) is 36.4 Å². The number of rotatable bonds is 10. The molecule has 0 fully saturated rings. The van der Waals surface area contributed by atoms with E-state index in [1.807, 2.05) is 48.5 Å². The number of aromatic nitrogens is 2. The maximum absolute atomic E-state index is 12.8. The van der Waals surface area contributed by atoms with Gasteiger partial charge in [0, 0.05) is 12.1 Å². The zero-order chi connectivity index (χ0) is 28.5. The number of allylic oxidation sites excluding steroid dienone is 1. The fourth-order valence-electron chi connectivity index (χ4n) is 3.69. The fraction of sp³-hybridized carbons (Fsp3) is 0.103. The summed E-state index contributed by atoms with van der Waals surface area (Å²) in [5, 5.41) is 13.6. The molecule has 0 aliphatic rings. The number of H-pyrrole nitrogens is 1. The van der Waals surface area contributed by atoms with Crippen LogP contribution in [0.1, 0.15) is 24.0 Å². The number of carbonyl (C=O) groups excluding carboxylic acids is 2. The van der Waals surface area contributed by atoms with Gasteiger partial charge in [0.05, 0.1) is 5.69 Å². The lowest BCUT2D eigenvalue weighted by Gasteiger charge is -2.14. The summed E-state index contributed by atoms with van der Waals surface area (Å²) in [6, 6.07) is 25.0. The average Bonchev–Trinajstić information content (AvgIpc) is 2.94. The Labute approximate surface area is 234 Å². The number of hydrogen-bond donors (Lipinski definition) is 4. The number of nitrogens with two attached hydrogens (primary N) is 1. The minimum Gasteiger partial charge on any atom is -0.494 e. The minimum atomic E-state index is -0.808. The maximum Gasteiger partial charge on any atom is 0.411 e. The standard InChI is InChI=1S/C29H26N4O6S/c30-25(34)16-11-20(31-29(37)38-18-19-7-3-1-4-8-19)17-24-26(35)32-28(40)33(27(24)36)21-12-14-23(15-13-21)39-22-9-5-2-6-10-22/h1-10,12-15,17,36H,11,16,18H2,(H2,30,34)(H,31,37)(H,32,35,40). The number of alkyl carbamates (subject to hydrolysis) is 1. The third-order valence-electron chi connectivity index (χ3n) is 5.63. The molecule has 5 N–H and O–H groups in total. The van der Waals surface area contributed by atoms with Gasteiger partial charge in [-0.2, -0.15) is 0 Å². The lowest BCUT2D eigenvalue weighted by atomic mass is 10.1. The van der Waals surface area contributed by atoms with Gasteiger partial charge in [-0.1, -0.05) is 48.5 Å². The summed E-state index contributed by atoms with van der Waals surface area (Å²) in [5.74, 6) is 0.126. The van der Waals surface area contributed by atoms with E-state index in [0.717, 1.165) is 5.56 Å². The largest absolute Gasteiger partial charge is 0.494 e. The van der Waals surface area contributed by atoms with Crippen LogP contribution in [0, 0.1) is 4.77 Å². The molecule has 4 rings (SSSR count). The van der Waals surface area contributed by atoms with Crippen molar-refractivity contribution >= 4 is 30.3 Å². The number of nitrogens with one attached hydrogen (secondary N) is 2. The van der Waals surface area contributed by atoms with Crippen molar-refractivity contribution in [1.29, 1.82) is 0 Å². The molecule has 0 radical (unpaired) electrons. The fourth-order valence-corrected chi connectivity index (χ4v) is 3.97. The third kappa shape index (κ3) is 7.45. The van der Waals surface area contributed by atoms with Crippen LogP contribution in [0.3, 0.4) is 0 Å².